The fourth-order valence-corrected chi connectivity index (χ4v) is 0.300. The van der Waals surface area contributed by atoms with Crippen LogP contribution in [-0.2, 0) is 9.47 Å². The molecule has 3 nitrogen and oxygen atoms in total. The molecule has 0 N–H and O–H groups in total. The molecule has 0 saturated carbocycles. The maximum absolute atomic E-state index is 8.03. The molecule has 1 aliphatic heterocycles. The number of rotatable bonds is 0. The van der Waals surface area contributed by atoms with Gasteiger partial charge in [0.15, 0.2) is 6.07 Å². The molecule has 0 radical (unpaired) electrons. The van der Waals surface area contributed by atoms with Crippen LogP contribution < -0.4 is 0 Å². The van der Waals surface area contributed by atoms with Crippen LogP contribution in [0.15, 0.2) is 12.5 Å². The van der Waals surface area contributed by atoms with Gasteiger partial charge in [-0.3, -0.25) is 0 Å². The molecule has 0 atom stereocenters. The van der Waals surface area contributed by atoms with Crippen LogP contribution in [0, 0.1) is 11.3 Å². The van der Waals surface area contributed by atoms with Gasteiger partial charge >= 0.3 is 6.29 Å². The molecule has 3 heteroatoms. The van der Waals surface area contributed by atoms with Gasteiger partial charge in [-0.15, -0.1) is 0 Å². The van der Waals surface area contributed by atoms with Crippen molar-refractivity contribution in [3.8, 4) is 6.07 Å². The van der Waals surface area contributed by atoms with Crippen LogP contribution in [0.1, 0.15) is 0 Å². The average Bonchev–Trinajstić information content (AvgIpc) is 2.14. The van der Waals surface area contributed by atoms with Gasteiger partial charge < -0.3 is 9.47 Å². The minimum atomic E-state index is -0.708. The van der Waals surface area contributed by atoms with Gasteiger partial charge in [-0.1, -0.05) is 0 Å². The molecule has 36 valence electrons. The summed E-state index contributed by atoms with van der Waals surface area (Å²) < 4.78 is 9.08. The number of hydrogen-bond donors (Lipinski definition) is 0. The van der Waals surface area contributed by atoms with Crippen LogP contribution in [0.2, 0.25) is 0 Å². The number of nitrogens with zero attached hydrogens (tertiary/aromatic N) is 1. The van der Waals surface area contributed by atoms with Crippen LogP contribution in [0.5, 0.6) is 0 Å². The van der Waals surface area contributed by atoms with Gasteiger partial charge in [0.25, 0.3) is 0 Å². The molecule has 1 aliphatic rings. The molecule has 0 aromatic carbocycles. The summed E-state index contributed by atoms with van der Waals surface area (Å²) in [7, 11) is 0. The minimum Gasteiger partial charge on any atom is -0.447 e. The molecule has 0 bridgehead atoms. The summed E-state index contributed by atoms with van der Waals surface area (Å²) in [5.41, 5.74) is 0. The smallest absolute Gasteiger partial charge is 0.330 e. The first-order chi connectivity index (χ1) is 3.43. The highest BCUT2D eigenvalue weighted by molar-refractivity contribution is 4.85. The van der Waals surface area contributed by atoms with E-state index in [0.29, 0.717) is 0 Å². The Hall–Kier alpha value is -1.17. The van der Waals surface area contributed by atoms with Crippen LogP contribution >= 0.6 is 0 Å². The maximum atomic E-state index is 8.03. The molecule has 0 unspecified atom stereocenters. The van der Waals surface area contributed by atoms with Crippen LogP contribution in [0.3, 0.4) is 0 Å². The van der Waals surface area contributed by atoms with Crippen molar-refractivity contribution in [1.82, 2.24) is 0 Å². The third kappa shape index (κ3) is 0.631. The Balaban J connectivity index is 2.39. The van der Waals surface area contributed by atoms with Crippen molar-refractivity contribution in [2.45, 2.75) is 6.29 Å². The Kier molecular flexibility index (Phi) is 0.868. The Morgan fingerprint density at radius 2 is 2.00 bits per heavy atom. The third-order valence-corrected chi connectivity index (χ3v) is 0.565. The largest absolute Gasteiger partial charge is 0.447 e. The van der Waals surface area contributed by atoms with Crippen molar-refractivity contribution in [2.75, 3.05) is 0 Å². The SMILES string of the molecule is N#CC1OC=CO1. The summed E-state index contributed by atoms with van der Waals surface area (Å²) in [4.78, 5) is 0. The summed E-state index contributed by atoms with van der Waals surface area (Å²) in [5.74, 6) is 0. The lowest BCUT2D eigenvalue weighted by atomic mass is 10.7. The van der Waals surface area contributed by atoms with E-state index in [1.165, 1.54) is 12.5 Å². The van der Waals surface area contributed by atoms with E-state index >= 15 is 0 Å². The maximum Gasteiger partial charge on any atom is 0.330 e. The van der Waals surface area contributed by atoms with Crippen molar-refractivity contribution in [1.29, 1.82) is 5.26 Å². The normalized spacial score (nSPS) is 17.6. The van der Waals surface area contributed by atoms with E-state index in [-0.39, 0.29) is 0 Å². The van der Waals surface area contributed by atoms with Crippen molar-refractivity contribution >= 4 is 0 Å². The number of hydrogen-bond acceptors (Lipinski definition) is 3. The molecule has 1 rings (SSSR count). The third-order valence-electron chi connectivity index (χ3n) is 0.565. The summed E-state index contributed by atoms with van der Waals surface area (Å²) >= 11 is 0. The van der Waals surface area contributed by atoms with E-state index in [2.05, 4.69) is 9.47 Å². The predicted molar refractivity (Wildman–Crippen MR) is 20.7 cm³/mol. The van der Waals surface area contributed by atoms with E-state index in [9.17, 15) is 0 Å². The Labute approximate surface area is 40.8 Å². The quantitative estimate of drug-likeness (QED) is 0.438. The molecule has 0 aromatic heterocycles. The summed E-state index contributed by atoms with van der Waals surface area (Å²) in [6.07, 6.45) is 1.97. The minimum absolute atomic E-state index is 0.708. The summed E-state index contributed by atoms with van der Waals surface area (Å²) in [6.45, 7) is 0. The van der Waals surface area contributed by atoms with E-state index in [0.717, 1.165) is 0 Å². The molecule has 0 aliphatic carbocycles. The molecule has 7 heavy (non-hydrogen) atoms. The summed E-state index contributed by atoms with van der Waals surface area (Å²) in [6, 6.07) is 1.76. The van der Waals surface area contributed by atoms with Crippen molar-refractivity contribution < 1.29 is 9.47 Å². The topological polar surface area (TPSA) is 42.2 Å². The fourth-order valence-electron chi connectivity index (χ4n) is 0.300. The number of ether oxygens (including phenoxy) is 2. The van der Waals surface area contributed by atoms with E-state index < -0.39 is 6.29 Å². The van der Waals surface area contributed by atoms with Gasteiger partial charge in [0, 0.05) is 0 Å². The van der Waals surface area contributed by atoms with Gasteiger partial charge in [0.2, 0.25) is 0 Å². The standard InChI is InChI=1S/C4H3NO2/c5-3-4-6-1-2-7-4/h1-2,4H. The average molecular weight is 97.1 g/mol. The molecule has 0 saturated heterocycles. The highest BCUT2D eigenvalue weighted by Gasteiger charge is 2.07. The first-order valence-electron chi connectivity index (χ1n) is 1.79. The summed E-state index contributed by atoms with van der Waals surface area (Å²) in [5, 5.41) is 8.03. The molecule has 0 fully saturated rings. The first-order valence-corrected chi connectivity index (χ1v) is 1.79. The zero-order chi connectivity index (χ0) is 5.11. The fraction of sp³-hybridized carbons (Fsp3) is 0.250. The van der Waals surface area contributed by atoms with Crippen LogP contribution in [0.4, 0.5) is 0 Å². The lowest BCUT2D eigenvalue weighted by molar-refractivity contribution is 0.0256. The molecule has 0 aromatic rings. The van der Waals surface area contributed by atoms with Crippen molar-refractivity contribution in [3.63, 3.8) is 0 Å². The molecular formula is C4H3NO2. The lowest BCUT2D eigenvalue weighted by Gasteiger charge is -1.95. The van der Waals surface area contributed by atoms with E-state index in [4.69, 9.17) is 5.26 Å². The van der Waals surface area contributed by atoms with Gasteiger partial charge in [-0.05, 0) is 0 Å². The Morgan fingerprint density at radius 1 is 1.43 bits per heavy atom. The van der Waals surface area contributed by atoms with Crippen molar-refractivity contribution in [3.05, 3.63) is 12.5 Å². The zero-order valence-electron chi connectivity index (χ0n) is 3.50. The second kappa shape index (κ2) is 1.52. The second-order valence-electron chi connectivity index (χ2n) is 1.01. The monoisotopic (exact) mass is 97.0 g/mol. The molecular weight excluding hydrogens is 94.0 g/mol. The van der Waals surface area contributed by atoms with Crippen LogP contribution in [-0.4, -0.2) is 6.29 Å². The van der Waals surface area contributed by atoms with Gasteiger partial charge in [-0.25, -0.2) is 0 Å². The molecule has 0 amide bonds. The van der Waals surface area contributed by atoms with Gasteiger partial charge in [-0.2, -0.15) is 5.26 Å². The zero-order valence-corrected chi connectivity index (χ0v) is 3.50. The predicted octanol–water partition coefficient (Wildman–Crippen LogP) is 0.354. The van der Waals surface area contributed by atoms with E-state index in [1.54, 1.807) is 6.07 Å². The molecule has 1 heterocycles. The lowest BCUT2D eigenvalue weighted by Crippen LogP contribution is -2.01. The molecule has 0 spiro atoms. The Bertz CT molecular complexity index is 116. The van der Waals surface area contributed by atoms with Crippen molar-refractivity contribution in [2.24, 2.45) is 0 Å². The van der Waals surface area contributed by atoms with E-state index in [1.807, 2.05) is 0 Å². The number of nitriles is 1. The first kappa shape index (κ1) is 4.00. The Morgan fingerprint density at radius 3 is 2.29 bits per heavy atom. The van der Waals surface area contributed by atoms with Crippen LogP contribution in [0.25, 0.3) is 0 Å². The van der Waals surface area contributed by atoms with Gasteiger partial charge in [0.1, 0.15) is 12.5 Å². The highest BCUT2D eigenvalue weighted by atomic mass is 16.7. The second-order valence-corrected chi connectivity index (χ2v) is 1.01. The highest BCUT2D eigenvalue weighted by Crippen LogP contribution is 2.01. The van der Waals surface area contributed by atoms with Gasteiger partial charge in [0.05, 0.1) is 0 Å².